The molecule has 0 aliphatic carbocycles. The predicted octanol–water partition coefficient (Wildman–Crippen LogP) is -0.926. The molecule has 2 fully saturated rings. The van der Waals surface area contributed by atoms with E-state index in [2.05, 4.69) is 10.2 Å². The van der Waals surface area contributed by atoms with E-state index in [0.717, 1.165) is 13.1 Å². The van der Waals surface area contributed by atoms with Crippen molar-refractivity contribution < 1.29 is 9.00 Å². The first-order chi connectivity index (χ1) is 7.15. The zero-order valence-corrected chi connectivity index (χ0v) is 9.76. The van der Waals surface area contributed by atoms with Gasteiger partial charge in [0, 0.05) is 48.5 Å². The number of carbonyl (C=O) groups excluding carboxylic acids is 1. The third-order valence-electron chi connectivity index (χ3n) is 2.86. The molecule has 0 aromatic rings. The maximum absolute atomic E-state index is 11.7. The summed E-state index contributed by atoms with van der Waals surface area (Å²) in [4.78, 5) is 15.6. The number of hydrogen-bond acceptors (Lipinski definition) is 3. The smallest absolute Gasteiger partial charge is 0.317 e. The van der Waals surface area contributed by atoms with E-state index in [0.29, 0.717) is 30.6 Å². The summed E-state index contributed by atoms with van der Waals surface area (Å²) >= 11 is 0. The average Bonchev–Trinajstić information content (AvgIpc) is 2.16. The Balaban J connectivity index is 1.74. The molecule has 86 valence electrons. The second-order valence-corrected chi connectivity index (χ2v) is 5.90. The third-order valence-corrected chi connectivity index (χ3v) is 4.13. The van der Waals surface area contributed by atoms with Crippen molar-refractivity contribution in [2.45, 2.75) is 6.04 Å². The highest BCUT2D eigenvalue weighted by molar-refractivity contribution is 7.85. The molecule has 6 heteroatoms. The van der Waals surface area contributed by atoms with Crippen LogP contribution in [0.1, 0.15) is 0 Å². The summed E-state index contributed by atoms with van der Waals surface area (Å²) in [5, 5.41) is 2.98. The van der Waals surface area contributed by atoms with Crippen molar-refractivity contribution in [2.75, 3.05) is 44.7 Å². The van der Waals surface area contributed by atoms with Crippen LogP contribution >= 0.6 is 0 Å². The monoisotopic (exact) mass is 231 g/mol. The molecule has 2 saturated heterocycles. The zero-order chi connectivity index (χ0) is 10.8. The van der Waals surface area contributed by atoms with Gasteiger partial charge in [-0.05, 0) is 7.05 Å². The fraction of sp³-hybridized carbons (Fsp3) is 0.889. The molecule has 0 spiro atoms. The topological polar surface area (TPSA) is 52.7 Å². The summed E-state index contributed by atoms with van der Waals surface area (Å²) < 4.78 is 11.1. The predicted molar refractivity (Wildman–Crippen MR) is 59.3 cm³/mol. The van der Waals surface area contributed by atoms with Crippen LogP contribution in [0.3, 0.4) is 0 Å². The number of carbonyl (C=O) groups is 1. The van der Waals surface area contributed by atoms with E-state index < -0.39 is 10.8 Å². The van der Waals surface area contributed by atoms with Gasteiger partial charge in [-0.25, -0.2) is 4.79 Å². The first kappa shape index (κ1) is 10.9. The molecule has 0 unspecified atom stereocenters. The molecule has 0 saturated carbocycles. The van der Waals surface area contributed by atoms with Gasteiger partial charge in [-0.3, -0.25) is 4.21 Å². The van der Waals surface area contributed by atoms with Gasteiger partial charge in [0.1, 0.15) is 0 Å². The molecular weight excluding hydrogens is 214 g/mol. The van der Waals surface area contributed by atoms with Gasteiger partial charge in [-0.2, -0.15) is 0 Å². The number of urea groups is 1. The molecule has 0 aromatic carbocycles. The van der Waals surface area contributed by atoms with E-state index in [1.165, 1.54) is 0 Å². The maximum atomic E-state index is 11.7. The van der Waals surface area contributed by atoms with Gasteiger partial charge in [0.15, 0.2) is 0 Å². The largest absolute Gasteiger partial charge is 0.333 e. The Labute approximate surface area is 92.3 Å². The van der Waals surface area contributed by atoms with Crippen LogP contribution in [0.5, 0.6) is 0 Å². The Morgan fingerprint density at radius 1 is 1.33 bits per heavy atom. The molecule has 5 nitrogen and oxygen atoms in total. The normalized spacial score (nSPS) is 25.0. The molecular formula is C9H17N3O2S. The van der Waals surface area contributed by atoms with E-state index in [9.17, 15) is 9.00 Å². The van der Waals surface area contributed by atoms with E-state index in [4.69, 9.17) is 0 Å². The molecule has 1 N–H and O–H groups in total. The molecule has 2 heterocycles. The van der Waals surface area contributed by atoms with Crippen LogP contribution in [0.25, 0.3) is 0 Å². The van der Waals surface area contributed by atoms with Crippen LogP contribution in [0.2, 0.25) is 0 Å². The first-order valence-electron chi connectivity index (χ1n) is 5.24. The fourth-order valence-corrected chi connectivity index (χ4v) is 2.95. The standard InChI is InChI=1S/C9H17N3O2S/c1-11-6-8(7-11)10-9(13)12-2-4-15(14)5-3-12/h8H,2-7H2,1H3,(H,10,13). The summed E-state index contributed by atoms with van der Waals surface area (Å²) in [6.45, 7) is 3.12. The Morgan fingerprint density at radius 3 is 2.47 bits per heavy atom. The zero-order valence-electron chi connectivity index (χ0n) is 8.94. The highest BCUT2D eigenvalue weighted by atomic mass is 32.2. The van der Waals surface area contributed by atoms with Crippen molar-refractivity contribution in [1.29, 1.82) is 0 Å². The molecule has 2 rings (SSSR count). The highest BCUT2D eigenvalue weighted by Gasteiger charge is 2.27. The van der Waals surface area contributed by atoms with E-state index >= 15 is 0 Å². The molecule has 15 heavy (non-hydrogen) atoms. The summed E-state index contributed by atoms with van der Waals surface area (Å²) in [6.07, 6.45) is 0. The highest BCUT2D eigenvalue weighted by Crippen LogP contribution is 2.06. The number of nitrogens with zero attached hydrogens (tertiary/aromatic N) is 2. The van der Waals surface area contributed by atoms with Crippen LogP contribution in [0.15, 0.2) is 0 Å². The maximum Gasteiger partial charge on any atom is 0.317 e. The van der Waals surface area contributed by atoms with Crippen LogP contribution in [-0.4, -0.2) is 70.8 Å². The lowest BCUT2D eigenvalue weighted by Gasteiger charge is -2.38. The molecule has 2 aliphatic heterocycles. The van der Waals surface area contributed by atoms with Gasteiger partial charge in [0.2, 0.25) is 0 Å². The Morgan fingerprint density at radius 2 is 1.93 bits per heavy atom. The Bertz CT molecular complexity index is 269. The number of rotatable bonds is 1. The lowest BCUT2D eigenvalue weighted by molar-refractivity contribution is 0.147. The number of likely N-dealkylation sites (tertiary alicyclic amines) is 1. The molecule has 0 radical (unpaired) electrons. The summed E-state index contributed by atoms with van der Waals surface area (Å²) in [5.41, 5.74) is 0. The van der Waals surface area contributed by atoms with Crippen molar-refractivity contribution in [2.24, 2.45) is 0 Å². The Hall–Kier alpha value is -0.620. The molecule has 2 aliphatic rings. The Kier molecular flexibility index (Phi) is 3.25. The minimum atomic E-state index is -0.714. The number of nitrogens with one attached hydrogen (secondary N) is 1. The van der Waals surface area contributed by atoms with Gasteiger partial charge in [0.25, 0.3) is 0 Å². The van der Waals surface area contributed by atoms with Gasteiger partial charge >= 0.3 is 6.03 Å². The third kappa shape index (κ3) is 2.69. The van der Waals surface area contributed by atoms with Crippen LogP contribution in [-0.2, 0) is 10.8 Å². The number of amides is 2. The minimum absolute atomic E-state index is 0.00444. The summed E-state index contributed by atoms with van der Waals surface area (Å²) in [7, 11) is 1.32. The van der Waals surface area contributed by atoms with Crippen molar-refractivity contribution in [3.05, 3.63) is 0 Å². The SMILES string of the molecule is CN1CC(NC(=O)N2CCS(=O)CC2)C1. The molecule has 0 aromatic heterocycles. The quantitative estimate of drug-likeness (QED) is 0.634. The van der Waals surface area contributed by atoms with Crippen LogP contribution < -0.4 is 5.32 Å². The average molecular weight is 231 g/mol. The minimum Gasteiger partial charge on any atom is -0.333 e. The second-order valence-electron chi connectivity index (χ2n) is 4.20. The van der Waals surface area contributed by atoms with E-state index in [1.807, 2.05) is 7.05 Å². The van der Waals surface area contributed by atoms with Crippen LogP contribution in [0.4, 0.5) is 4.79 Å². The lowest BCUT2D eigenvalue weighted by Crippen LogP contribution is -2.60. The lowest BCUT2D eigenvalue weighted by atomic mass is 10.1. The summed E-state index contributed by atoms with van der Waals surface area (Å²) in [5.74, 6) is 1.25. The molecule has 0 bridgehead atoms. The van der Waals surface area contributed by atoms with Gasteiger partial charge in [0.05, 0.1) is 6.04 Å². The first-order valence-corrected chi connectivity index (χ1v) is 6.73. The van der Waals surface area contributed by atoms with Crippen molar-refractivity contribution >= 4 is 16.8 Å². The van der Waals surface area contributed by atoms with Gasteiger partial charge in [-0.1, -0.05) is 0 Å². The fourth-order valence-electron chi connectivity index (χ4n) is 1.90. The van der Waals surface area contributed by atoms with Crippen molar-refractivity contribution in [3.63, 3.8) is 0 Å². The van der Waals surface area contributed by atoms with Crippen molar-refractivity contribution in [3.8, 4) is 0 Å². The molecule has 0 atom stereocenters. The second kappa shape index (κ2) is 4.49. The molecule has 2 amide bonds. The number of likely N-dealkylation sites (N-methyl/N-ethyl adjacent to an activating group) is 1. The van der Waals surface area contributed by atoms with Gasteiger partial charge in [-0.15, -0.1) is 0 Å². The van der Waals surface area contributed by atoms with Crippen LogP contribution in [0, 0.1) is 0 Å². The van der Waals surface area contributed by atoms with E-state index in [-0.39, 0.29) is 6.03 Å². The van der Waals surface area contributed by atoms with Gasteiger partial charge < -0.3 is 15.1 Å². The number of hydrogen-bond donors (Lipinski definition) is 1. The van der Waals surface area contributed by atoms with E-state index in [1.54, 1.807) is 4.90 Å². The van der Waals surface area contributed by atoms with Crippen molar-refractivity contribution in [1.82, 2.24) is 15.1 Å². The summed E-state index contributed by atoms with van der Waals surface area (Å²) in [6, 6.07) is 0.305.